The Morgan fingerprint density at radius 3 is 2.50 bits per heavy atom. The van der Waals surface area contributed by atoms with E-state index in [4.69, 9.17) is 39.5 Å². The fourth-order valence-corrected chi connectivity index (χ4v) is 3.88. The van der Waals surface area contributed by atoms with Crippen LogP contribution in [0, 0.1) is 5.92 Å². The lowest BCUT2D eigenvalue weighted by atomic mass is 9.95. The summed E-state index contributed by atoms with van der Waals surface area (Å²) < 4.78 is 5.60. The monoisotopic (exact) mass is 440 g/mol. The number of hydrogen-bond acceptors (Lipinski definition) is 3. The molecule has 1 aliphatic heterocycles. The van der Waals surface area contributed by atoms with E-state index in [0.29, 0.717) is 34.0 Å². The number of likely N-dealkylation sites (tertiary alicyclic amines) is 1. The Balaban J connectivity index is 1.38. The third kappa shape index (κ3) is 5.77. The summed E-state index contributed by atoms with van der Waals surface area (Å²) in [6.45, 7) is 3.32. The van der Waals surface area contributed by atoms with Crippen molar-refractivity contribution >= 4 is 40.7 Å². The van der Waals surface area contributed by atoms with Crippen LogP contribution in [0.1, 0.15) is 18.4 Å². The van der Waals surface area contributed by atoms with Gasteiger partial charge in [0.15, 0.2) is 0 Å². The zero-order chi connectivity index (χ0) is 19.9. The molecule has 0 aliphatic carbocycles. The van der Waals surface area contributed by atoms with Crippen LogP contribution >= 0.6 is 34.8 Å². The summed E-state index contributed by atoms with van der Waals surface area (Å²) in [6, 6.07) is 13.0. The van der Waals surface area contributed by atoms with Crippen molar-refractivity contribution in [2.75, 3.05) is 26.2 Å². The number of carbonyl (C=O) groups is 1. The SMILES string of the molecule is O=C(NCCOc1ccccc1Cl)C1CCN(Cc2cccc(Cl)c2Cl)CC1. The summed E-state index contributed by atoms with van der Waals surface area (Å²) in [6.07, 6.45) is 1.66. The first kappa shape index (κ1) is 21.3. The quantitative estimate of drug-likeness (QED) is 0.611. The number of amides is 1. The number of para-hydroxylation sites is 1. The van der Waals surface area contributed by atoms with Crippen LogP contribution < -0.4 is 10.1 Å². The van der Waals surface area contributed by atoms with Gasteiger partial charge in [0, 0.05) is 12.5 Å². The maximum absolute atomic E-state index is 12.4. The molecule has 1 heterocycles. The summed E-state index contributed by atoms with van der Waals surface area (Å²) in [5.41, 5.74) is 1.02. The molecule has 0 saturated carbocycles. The summed E-state index contributed by atoms with van der Waals surface area (Å²) in [4.78, 5) is 14.7. The van der Waals surface area contributed by atoms with Gasteiger partial charge in [0.05, 0.1) is 21.6 Å². The maximum Gasteiger partial charge on any atom is 0.223 e. The second kappa shape index (κ2) is 10.4. The van der Waals surface area contributed by atoms with Crippen LogP contribution in [-0.2, 0) is 11.3 Å². The van der Waals surface area contributed by atoms with Crippen molar-refractivity contribution in [2.45, 2.75) is 19.4 Å². The highest BCUT2D eigenvalue weighted by Crippen LogP contribution is 2.28. The molecule has 0 unspecified atom stereocenters. The maximum atomic E-state index is 12.4. The predicted molar refractivity (Wildman–Crippen MR) is 114 cm³/mol. The molecule has 1 amide bonds. The molecule has 28 heavy (non-hydrogen) atoms. The molecular formula is C21H23Cl3N2O2. The van der Waals surface area contributed by atoms with Crippen LogP contribution in [0.2, 0.25) is 15.1 Å². The number of ether oxygens (including phenoxy) is 1. The van der Waals surface area contributed by atoms with Gasteiger partial charge in [-0.15, -0.1) is 0 Å². The summed E-state index contributed by atoms with van der Waals surface area (Å²) in [7, 11) is 0. The van der Waals surface area contributed by atoms with E-state index in [1.54, 1.807) is 12.1 Å². The lowest BCUT2D eigenvalue weighted by Gasteiger charge is -2.31. The third-order valence-electron chi connectivity index (χ3n) is 4.88. The summed E-state index contributed by atoms with van der Waals surface area (Å²) in [5, 5.41) is 4.72. The average molecular weight is 442 g/mol. The number of carbonyl (C=O) groups excluding carboxylic acids is 1. The van der Waals surface area contributed by atoms with Crippen LogP contribution in [0.25, 0.3) is 0 Å². The van der Waals surface area contributed by atoms with Crippen LogP contribution in [0.15, 0.2) is 42.5 Å². The normalized spacial score (nSPS) is 15.4. The van der Waals surface area contributed by atoms with Crippen molar-refractivity contribution in [3.05, 3.63) is 63.1 Å². The molecule has 7 heteroatoms. The molecule has 2 aromatic carbocycles. The second-order valence-corrected chi connectivity index (χ2v) is 8.03. The Hall–Kier alpha value is -1.46. The van der Waals surface area contributed by atoms with Crippen molar-refractivity contribution in [2.24, 2.45) is 5.92 Å². The van der Waals surface area contributed by atoms with Gasteiger partial charge in [0.2, 0.25) is 5.91 Å². The number of nitrogens with one attached hydrogen (secondary N) is 1. The van der Waals surface area contributed by atoms with E-state index >= 15 is 0 Å². The molecular weight excluding hydrogens is 419 g/mol. The van der Waals surface area contributed by atoms with E-state index in [1.165, 1.54) is 0 Å². The Morgan fingerprint density at radius 2 is 1.75 bits per heavy atom. The first-order chi connectivity index (χ1) is 13.5. The van der Waals surface area contributed by atoms with Gasteiger partial charge < -0.3 is 10.1 Å². The highest BCUT2D eigenvalue weighted by atomic mass is 35.5. The van der Waals surface area contributed by atoms with Gasteiger partial charge in [-0.3, -0.25) is 9.69 Å². The average Bonchev–Trinajstić information content (AvgIpc) is 2.70. The molecule has 1 fully saturated rings. The van der Waals surface area contributed by atoms with Gasteiger partial charge >= 0.3 is 0 Å². The molecule has 150 valence electrons. The minimum atomic E-state index is 0.0337. The van der Waals surface area contributed by atoms with Crippen LogP contribution in [0.4, 0.5) is 0 Å². The summed E-state index contributed by atoms with van der Waals surface area (Å²) >= 11 is 18.4. The zero-order valence-electron chi connectivity index (χ0n) is 15.5. The van der Waals surface area contributed by atoms with Crippen LogP contribution in [0.5, 0.6) is 5.75 Å². The summed E-state index contributed by atoms with van der Waals surface area (Å²) in [5.74, 6) is 0.751. The van der Waals surface area contributed by atoms with Crippen molar-refractivity contribution in [3.8, 4) is 5.75 Å². The predicted octanol–water partition coefficient (Wildman–Crippen LogP) is 5.05. The molecule has 2 aromatic rings. The van der Waals surface area contributed by atoms with Gasteiger partial charge in [-0.2, -0.15) is 0 Å². The Morgan fingerprint density at radius 1 is 1.04 bits per heavy atom. The van der Waals surface area contributed by atoms with Gasteiger partial charge in [0.25, 0.3) is 0 Å². The van der Waals surface area contributed by atoms with E-state index in [0.717, 1.165) is 38.0 Å². The van der Waals surface area contributed by atoms with Gasteiger partial charge in [-0.05, 0) is 49.7 Å². The highest BCUT2D eigenvalue weighted by molar-refractivity contribution is 6.42. The highest BCUT2D eigenvalue weighted by Gasteiger charge is 2.25. The van der Waals surface area contributed by atoms with Crippen LogP contribution in [0.3, 0.4) is 0 Å². The molecule has 0 atom stereocenters. The molecule has 4 nitrogen and oxygen atoms in total. The molecule has 3 rings (SSSR count). The molecule has 0 aromatic heterocycles. The Bertz CT molecular complexity index is 808. The zero-order valence-corrected chi connectivity index (χ0v) is 17.7. The van der Waals surface area contributed by atoms with Gasteiger partial charge in [0.1, 0.15) is 12.4 Å². The molecule has 0 bridgehead atoms. The topological polar surface area (TPSA) is 41.6 Å². The molecule has 1 aliphatic rings. The number of rotatable bonds is 7. The molecule has 0 spiro atoms. The standard InChI is InChI=1S/C21H23Cl3N2O2/c22-17-5-1-2-7-19(17)28-13-10-25-21(27)15-8-11-26(12-9-15)14-16-4-3-6-18(23)20(16)24/h1-7,15H,8-14H2,(H,25,27). The second-order valence-electron chi connectivity index (χ2n) is 6.83. The van der Waals surface area contributed by atoms with E-state index < -0.39 is 0 Å². The molecule has 1 saturated heterocycles. The van der Waals surface area contributed by atoms with Crippen molar-refractivity contribution in [1.82, 2.24) is 10.2 Å². The van der Waals surface area contributed by atoms with Crippen molar-refractivity contribution in [3.63, 3.8) is 0 Å². The number of hydrogen-bond donors (Lipinski definition) is 1. The van der Waals surface area contributed by atoms with E-state index in [2.05, 4.69) is 10.2 Å². The number of halogens is 3. The Kier molecular flexibility index (Phi) is 7.86. The van der Waals surface area contributed by atoms with Crippen LogP contribution in [-0.4, -0.2) is 37.0 Å². The Labute approximate surface area is 180 Å². The minimum absolute atomic E-state index is 0.0337. The fourth-order valence-electron chi connectivity index (χ4n) is 3.31. The van der Waals surface area contributed by atoms with E-state index in [9.17, 15) is 4.79 Å². The smallest absolute Gasteiger partial charge is 0.223 e. The third-order valence-corrected chi connectivity index (χ3v) is 6.05. The number of nitrogens with zero attached hydrogens (tertiary/aromatic N) is 1. The van der Waals surface area contributed by atoms with Gasteiger partial charge in [-0.25, -0.2) is 0 Å². The van der Waals surface area contributed by atoms with E-state index in [-0.39, 0.29) is 11.8 Å². The number of piperidine rings is 1. The lowest BCUT2D eigenvalue weighted by molar-refractivity contribution is -0.126. The largest absolute Gasteiger partial charge is 0.490 e. The molecule has 0 radical (unpaired) electrons. The molecule has 1 N–H and O–H groups in total. The number of benzene rings is 2. The lowest BCUT2D eigenvalue weighted by Crippen LogP contribution is -2.41. The van der Waals surface area contributed by atoms with Gasteiger partial charge in [-0.1, -0.05) is 59.1 Å². The van der Waals surface area contributed by atoms with E-state index in [1.807, 2.05) is 30.3 Å². The first-order valence-electron chi connectivity index (χ1n) is 9.35. The fraction of sp³-hybridized carbons (Fsp3) is 0.381. The first-order valence-corrected chi connectivity index (χ1v) is 10.5. The minimum Gasteiger partial charge on any atom is -0.490 e. The van der Waals surface area contributed by atoms with Crippen molar-refractivity contribution < 1.29 is 9.53 Å². The van der Waals surface area contributed by atoms with Crippen molar-refractivity contribution in [1.29, 1.82) is 0 Å².